The minimum absolute atomic E-state index is 0.645. The zero-order valence-electron chi connectivity index (χ0n) is 16.5. The Kier molecular flexibility index (Phi) is 6.43. The van der Waals surface area contributed by atoms with Gasteiger partial charge in [-0.3, -0.25) is 0 Å². The number of aryl methyl sites for hydroxylation is 1. The van der Waals surface area contributed by atoms with Crippen molar-refractivity contribution >= 4 is 5.57 Å². The standard InChI is InChI=1S/C26H23N3/c1-5-7-12-19(3)17-21(6-2)23-15-11-16-24(18-23)26-28-20(4)27-25(29-26)22-13-9-8-10-14-22/h5-18H,1-3H2,4H3/b12-7+,21-17+. The summed E-state index contributed by atoms with van der Waals surface area (Å²) in [6.45, 7) is 13.6. The Morgan fingerprint density at radius 3 is 2.24 bits per heavy atom. The topological polar surface area (TPSA) is 38.7 Å². The Morgan fingerprint density at radius 1 is 0.862 bits per heavy atom. The van der Waals surface area contributed by atoms with Crippen molar-refractivity contribution in [1.82, 2.24) is 15.0 Å². The zero-order chi connectivity index (χ0) is 20.6. The highest BCUT2D eigenvalue weighted by molar-refractivity contribution is 5.78. The van der Waals surface area contributed by atoms with Crippen molar-refractivity contribution < 1.29 is 0 Å². The van der Waals surface area contributed by atoms with E-state index in [1.165, 1.54) is 0 Å². The Hall–Kier alpha value is -3.85. The number of benzene rings is 2. The molecular formula is C26H23N3. The largest absolute Gasteiger partial charge is 0.213 e. The van der Waals surface area contributed by atoms with Crippen molar-refractivity contribution in [2.45, 2.75) is 6.92 Å². The van der Waals surface area contributed by atoms with Crippen LogP contribution < -0.4 is 0 Å². The smallest absolute Gasteiger partial charge is 0.163 e. The van der Waals surface area contributed by atoms with E-state index in [0.29, 0.717) is 17.5 Å². The minimum atomic E-state index is 0.645. The van der Waals surface area contributed by atoms with Gasteiger partial charge in [-0.25, -0.2) is 15.0 Å². The lowest BCUT2D eigenvalue weighted by Crippen LogP contribution is -1.99. The summed E-state index contributed by atoms with van der Waals surface area (Å²) in [5, 5.41) is 0. The number of nitrogens with zero attached hydrogens (tertiary/aromatic N) is 3. The second kappa shape index (κ2) is 9.38. The first-order chi connectivity index (χ1) is 14.1. The van der Waals surface area contributed by atoms with Crippen molar-refractivity contribution in [2.24, 2.45) is 0 Å². The first-order valence-electron chi connectivity index (χ1n) is 9.32. The number of aromatic nitrogens is 3. The van der Waals surface area contributed by atoms with E-state index in [-0.39, 0.29) is 0 Å². The van der Waals surface area contributed by atoms with Crippen LogP contribution in [0.25, 0.3) is 28.3 Å². The molecule has 0 bridgehead atoms. The first kappa shape index (κ1) is 19.9. The minimum Gasteiger partial charge on any atom is -0.213 e. The monoisotopic (exact) mass is 377 g/mol. The van der Waals surface area contributed by atoms with E-state index in [1.807, 2.05) is 79.8 Å². The van der Waals surface area contributed by atoms with Gasteiger partial charge in [0.1, 0.15) is 5.82 Å². The number of hydrogen-bond acceptors (Lipinski definition) is 3. The van der Waals surface area contributed by atoms with Gasteiger partial charge in [-0.1, -0.05) is 92.6 Å². The van der Waals surface area contributed by atoms with Crippen LogP contribution >= 0.6 is 0 Å². The third kappa shape index (κ3) is 5.11. The fraction of sp³-hybridized carbons (Fsp3) is 0.0385. The predicted molar refractivity (Wildman–Crippen MR) is 122 cm³/mol. The molecule has 142 valence electrons. The lowest BCUT2D eigenvalue weighted by Gasteiger charge is -2.08. The molecule has 0 amide bonds. The highest BCUT2D eigenvalue weighted by Gasteiger charge is 2.09. The molecular weight excluding hydrogens is 354 g/mol. The van der Waals surface area contributed by atoms with Crippen LogP contribution in [0, 0.1) is 6.92 Å². The molecule has 0 radical (unpaired) electrons. The summed E-state index contributed by atoms with van der Waals surface area (Å²) in [4.78, 5) is 13.7. The fourth-order valence-corrected chi connectivity index (χ4v) is 2.86. The van der Waals surface area contributed by atoms with Crippen LogP contribution in [0.5, 0.6) is 0 Å². The van der Waals surface area contributed by atoms with Crippen LogP contribution in [0.2, 0.25) is 0 Å². The summed E-state index contributed by atoms with van der Waals surface area (Å²) in [6, 6.07) is 18.0. The zero-order valence-corrected chi connectivity index (χ0v) is 16.5. The van der Waals surface area contributed by atoms with E-state index in [4.69, 9.17) is 4.98 Å². The molecule has 2 aromatic carbocycles. The molecule has 0 atom stereocenters. The summed E-state index contributed by atoms with van der Waals surface area (Å²) in [6.07, 6.45) is 9.29. The molecule has 29 heavy (non-hydrogen) atoms. The molecule has 0 aliphatic carbocycles. The quantitative estimate of drug-likeness (QED) is 0.448. The van der Waals surface area contributed by atoms with Gasteiger partial charge in [0.15, 0.2) is 11.6 Å². The number of hydrogen-bond donors (Lipinski definition) is 0. The van der Waals surface area contributed by atoms with Crippen molar-refractivity contribution in [2.75, 3.05) is 0 Å². The van der Waals surface area contributed by atoms with Crippen LogP contribution in [-0.2, 0) is 0 Å². The van der Waals surface area contributed by atoms with Crippen molar-refractivity contribution in [3.05, 3.63) is 122 Å². The summed E-state index contributed by atoms with van der Waals surface area (Å²) in [5.74, 6) is 2.00. The molecule has 0 aliphatic heterocycles. The summed E-state index contributed by atoms with van der Waals surface area (Å²) >= 11 is 0. The van der Waals surface area contributed by atoms with E-state index in [2.05, 4.69) is 35.8 Å². The van der Waals surface area contributed by atoms with Crippen molar-refractivity contribution in [1.29, 1.82) is 0 Å². The molecule has 3 aromatic rings. The van der Waals surface area contributed by atoms with E-state index in [0.717, 1.165) is 27.8 Å². The molecule has 0 spiro atoms. The molecule has 0 unspecified atom stereocenters. The molecule has 3 rings (SSSR count). The van der Waals surface area contributed by atoms with Gasteiger partial charge in [0, 0.05) is 11.1 Å². The van der Waals surface area contributed by atoms with Gasteiger partial charge in [0.25, 0.3) is 0 Å². The molecule has 1 aromatic heterocycles. The van der Waals surface area contributed by atoms with Crippen molar-refractivity contribution in [3.8, 4) is 22.8 Å². The van der Waals surface area contributed by atoms with Gasteiger partial charge >= 0.3 is 0 Å². The maximum absolute atomic E-state index is 4.69. The van der Waals surface area contributed by atoms with Crippen molar-refractivity contribution in [3.63, 3.8) is 0 Å². The maximum Gasteiger partial charge on any atom is 0.163 e. The normalized spacial score (nSPS) is 11.4. The molecule has 3 heteroatoms. The Morgan fingerprint density at radius 2 is 1.55 bits per heavy atom. The maximum atomic E-state index is 4.69. The van der Waals surface area contributed by atoms with Gasteiger partial charge in [0.2, 0.25) is 0 Å². The molecule has 3 nitrogen and oxygen atoms in total. The average molecular weight is 377 g/mol. The molecule has 0 aliphatic rings. The van der Waals surface area contributed by atoms with Gasteiger partial charge in [-0.2, -0.15) is 0 Å². The van der Waals surface area contributed by atoms with Crippen LogP contribution in [0.15, 0.2) is 110 Å². The Balaban J connectivity index is 2.01. The van der Waals surface area contributed by atoms with Crippen LogP contribution in [-0.4, -0.2) is 15.0 Å². The molecule has 1 heterocycles. The van der Waals surface area contributed by atoms with Gasteiger partial charge in [-0.05, 0) is 35.8 Å². The molecule has 0 N–H and O–H groups in total. The summed E-state index contributed by atoms with van der Waals surface area (Å²) in [7, 11) is 0. The van der Waals surface area contributed by atoms with Crippen LogP contribution in [0.1, 0.15) is 11.4 Å². The van der Waals surface area contributed by atoms with Gasteiger partial charge in [0.05, 0.1) is 0 Å². The third-order valence-electron chi connectivity index (χ3n) is 4.24. The predicted octanol–water partition coefficient (Wildman–Crippen LogP) is 6.38. The van der Waals surface area contributed by atoms with Crippen LogP contribution in [0.4, 0.5) is 0 Å². The fourth-order valence-electron chi connectivity index (χ4n) is 2.86. The van der Waals surface area contributed by atoms with E-state index in [1.54, 1.807) is 6.08 Å². The summed E-state index contributed by atoms with van der Waals surface area (Å²) in [5.41, 5.74) is 4.75. The van der Waals surface area contributed by atoms with Gasteiger partial charge < -0.3 is 0 Å². The number of allylic oxidation sites excluding steroid dienone is 7. The van der Waals surface area contributed by atoms with E-state index < -0.39 is 0 Å². The molecule has 0 saturated carbocycles. The first-order valence-corrected chi connectivity index (χ1v) is 9.32. The highest BCUT2D eigenvalue weighted by atomic mass is 15.0. The summed E-state index contributed by atoms with van der Waals surface area (Å²) < 4.78 is 0. The average Bonchev–Trinajstić information content (AvgIpc) is 2.76. The number of rotatable bonds is 7. The Bertz CT molecular complexity index is 1110. The second-order valence-corrected chi connectivity index (χ2v) is 6.45. The van der Waals surface area contributed by atoms with Crippen LogP contribution in [0.3, 0.4) is 0 Å². The molecule has 0 saturated heterocycles. The lowest BCUT2D eigenvalue weighted by atomic mass is 10.0. The lowest BCUT2D eigenvalue weighted by molar-refractivity contribution is 0.992. The molecule has 0 fully saturated rings. The van der Waals surface area contributed by atoms with Gasteiger partial charge in [-0.15, -0.1) is 0 Å². The Labute approximate surface area is 172 Å². The van der Waals surface area contributed by atoms with E-state index >= 15 is 0 Å². The SMILES string of the molecule is C=C/C=C/C(=C)/C=C(\C=C)c1cccc(-c2nc(C)nc(-c3ccccc3)n2)c1. The highest BCUT2D eigenvalue weighted by Crippen LogP contribution is 2.25. The third-order valence-corrected chi connectivity index (χ3v) is 4.24. The van der Waals surface area contributed by atoms with E-state index in [9.17, 15) is 0 Å². The second-order valence-electron chi connectivity index (χ2n) is 6.45.